The maximum Gasteiger partial charge on any atom is 0.325 e. The van der Waals surface area contributed by atoms with Gasteiger partial charge in [-0.2, -0.15) is 0 Å². The molecule has 9 heteroatoms. The number of carbonyl (C=O) groups excluding carboxylic acids is 4. The minimum Gasteiger partial charge on any atom is -0.345 e. The molecule has 1 aliphatic heterocycles. The second-order valence-corrected chi connectivity index (χ2v) is 6.64. The highest BCUT2D eigenvalue weighted by atomic mass is 19.1. The number of imide groups is 1. The summed E-state index contributed by atoms with van der Waals surface area (Å²) in [5, 5.41) is 7.44. The molecular weight excluding hydrogens is 379 g/mol. The van der Waals surface area contributed by atoms with Gasteiger partial charge >= 0.3 is 6.03 Å². The molecule has 29 heavy (non-hydrogen) atoms. The zero-order valence-corrected chi connectivity index (χ0v) is 15.6. The molecule has 3 rings (SSSR count). The van der Waals surface area contributed by atoms with Crippen molar-refractivity contribution in [3.05, 3.63) is 66.0 Å². The standard InChI is InChI=1S/C20H19FN4O4/c1-20(13-5-3-2-4-6-13)18(28)25(19(29)24-20)12-17(27)22-11-16(26)23-15-9-7-14(21)8-10-15/h2-10H,11-12H2,1H3,(H,22,27)(H,23,26)(H,24,29)/t20-/m0/s1. The number of rotatable bonds is 6. The van der Waals surface area contributed by atoms with Gasteiger partial charge in [0, 0.05) is 5.69 Å². The topological polar surface area (TPSA) is 108 Å². The Bertz CT molecular complexity index is 949. The third-order valence-electron chi connectivity index (χ3n) is 4.50. The van der Waals surface area contributed by atoms with E-state index in [0.29, 0.717) is 11.3 Å². The summed E-state index contributed by atoms with van der Waals surface area (Å²) >= 11 is 0. The summed E-state index contributed by atoms with van der Waals surface area (Å²) in [4.78, 5) is 49.8. The highest BCUT2D eigenvalue weighted by Gasteiger charge is 2.49. The van der Waals surface area contributed by atoms with Gasteiger partial charge in [-0.3, -0.25) is 19.3 Å². The van der Waals surface area contributed by atoms with Gasteiger partial charge < -0.3 is 16.0 Å². The normalized spacial score (nSPS) is 18.3. The smallest absolute Gasteiger partial charge is 0.325 e. The fourth-order valence-electron chi connectivity index (χ4n) is 2.92. The lowest BCUT2D eigenvalue weighted by atomic mass is 9.92. The Morgan fingerprint density at radius 3 is 2.34 bits per heavy atom. The van der Waals surface area contributed by atoms with E-state index in [0.717, 1.165) is 4.90 Å². The molecule has 1 atom stereocenters. The summed E-state index contributed by atoms with van der Waals surface area (Å²) < 4.78 is 12.9. The van der Waals surface area contributed by atoms with E-state index in [-0.39, 0.29) is 6.54 Å². The van der Waals surface area contributed by atoms with Crippen LogP contribution in [0.15, 0.2) is 54.6 Å². The molecule has 0 spiro atoms. The van der Waals surface area contributed by atoms with E-state index < -0.39 is 41.7 Å². The summed E-state index contributed by atoms with van der Waals surface area (Å²) in [6.45, 7) is 0.684. The first kappa shape index (κ1) is 20.0. The molecule has 0 aromatic heterocycles. The summed E-state index contributed by atoms with van der Waals surface area (Å²) in [5.74, 6) is -2.19. The average Bonchev–Trinajstić information content (AvgIpc) is 2.93. The van der Waals surface area contributed by atoms with Gasteiger partial charge in [0.15, 0.2) is 0 Å². The van der Waals surface area contributed by atoms with E-state index in [1.807, 2.05) is 0 Å². The average molecular weight is 398 g/mol. The Morgan fingerprint density at radius 1 is 1.03 bits per heavy atom. The monoisotopic (exact) mass is 398 g/mol. The number of hydrogen-bond donors (Lipinski definition) is 3. The molecule has 0 bridgehead atoms. The summed E-state index contributed by atoms with van der Waals surface area (Å²) in [7, 11) is 0. The molecule has 1 aliphatic rings. The highest BCUT2D eigenvalue weighted by molar-refractivity contribution is 6.09. The van der Waals surface area contributed by atoms with Gasteiger partial charge in [-0.25, -0.2) is 9.18 Å². The molecule has 2 aromatic rings. The van der Waals surface area contributed by atoms with Gasteiger partial charge in [-0.05, 0) is 36.8 Å². The Kier molecular flexibility index (Phi) is 5.58. The van der Waals surface area contributed by atoms with Crippen molar-refractivity contribution in [3.63, 3.8) is 0 Å². The van der Waals surface area contributed by atoms with Gasteiger partial charge in [0.2, 0.25) is 11.8 Å². The molecule has 0 radical (unpaired) electrons. The Labute approximate surface area is 166 Å². The van der Waals surface area contributed by atoms with Crippen LogP contribution in [0.4, 0.5) is 14.9 Å². The maximum absolute atomic E-state index is 12.9. The first-order valence-corrected chi connectivity index (χ1v) is 8.81. The molecule has 1 saturated heterocycles. The zero-order valence-electron chi connectivity index (χ0n) is 15.6. The molecular formula is C20H19FN4O4. The van der Waals surface area contributed by atoms with E-state index in [1.165, 1.54) is 24.3 Å². The predicted octanol–water partition coefficient (Wildman–Crippen LogP) is 1.35. The molecule has 2 aromatic carbocycles. The van der Waals surface area contributed by atoms with Gasteiger partial charge in [0.1, 0.15) is 17.9 Å². The fourth-order valence-corrected chi connectivity index (χ4v) is 2.92. The van der Waals surface area contributed by atoms with Crippen LogP contribution in [0.1, 0.15) is 12.5 Å². The number of amides is 5. The number of carbonyl (C=O) groups is 4. The molecule has 8 nitrogen and oxygen atoms in total. The van der Waals surface area contributed by atoms with Crippen molar-refractivity contribution < 1.29 is 23.6 Å². The van der Waals surface area contributed by atoms with Crippen LogP contribution in [-0.4, -0.2) is 41.7 Å². The quantitative estimate of drug-likeness (QED) is 0.639. The Balaban J connectivity index is 1.55. The van der Waals surface area contributed by atoms with Gasteiger partial charge in [0.05, 0.1) is 6.54 Å². The van der Waals surface area contributed by atoms with Crippen molar-refractivity contribution in [2.45, 2.75) is 12.5 Å². The largest absolute Gasteiger partial charge is 0.345 e. The SMILES string of the molecule is C[C@@]1(c2ccccc2)NC(=O)N(CC(=O)NCC(=O)Nc2ccc(F)cc2)C1=O. The van der Waals surface area contributed by atoms with Crippen molar-refractivity contribution in [1.29, 1.82) is 0 Å². The second-order valence-electron chi connectivity index (χ2n) is 6.64. The molecule has 0 unspecified atom stereocenters. The lowest BCUT2D eigenvalue weighted by molar-refractivity contribution is -0.135. The molecule has 5 amide bonds. The number of nitrogens with one attached hydrogen (secondary N) is 3. The molecule has 1 heterocycles. The van der Waals surface area contributed by atoms with Gasteiger partial charge in [-0.15, -0.1) is 0 Å². The Morgan fingerprint density at radius 2 is 1.69 bits per heavy atom. The van der Waals surface area contributed by atoms with Crippen LogP contribution in [0.25, 0.3) is 0 Å². The molecule has 3 N–H and O–H groups in total. The lowest BCUT2D eigenvalue weighted by Gasteiger charge is -2.22. The number of halogens is 1. The second kappa shape index (κ2) is 8.09. The van der Waals surface area contributed by atoms with E-state index in [9.17, 15) is 23.6 Å². The first-order chi connectivity index (χ1) is 13.8. The van der Waals surface area contributed by atoms with Crippen LogP contribution in [0.3, 0.4) is 0 Å². The van der Waals surface area contributed by atoms with E-state index in [2.05, 4.69) is 16.0 Å². The van der Waals surface area contributed by atoms with Crippen LogP contribution < -0.4 is 16.0 Å². The van der Waals surface area contributed by atoms with Crippen LogP contribution in [0.5, 0.6) is 0 Å². The number of nitrogens with zero attached hydrogens (tertiary/aromatic N) is 1. The predicted molar refractivity (Wildman–Crippen MR) is 102 cm³/mol. The van der Waals surface area contributed by atoms with Gasteiger partial charge in [0.25, 0.3) is 5.91 Å². The van der Waals surface area contributed by atoms with Crippen LogP contribution in [0.2, 0.25) is 0 Å². The Hall–Kier alpha value is -3.75. The lowest BCUT2D eigenvalue weighted by Crippen LogP contribution is -2.44. The molecule has 0 saturated carbocycles. The minimum absolute atomic E-state index is 0.365. The third-order valence-corrected chi connectivity index (χ3v) is 4.50. The maximum atomic E-state index is 12.9. The summed E-state index contributed by atoms with van der Waals surface area (Å²) in [6, 6.07) is 13.2. The van der Waals surface area contributed by atoms with Crippen molar-refractivity contribution in [1.82, 2.24) is 15.5 Å². The van der Waals surface area contributed by atoms with E-state index in [4.69, 9.17) is 0 Å². The van der Waals surface area contributed by atoms with Crippen LogP contribution in [-0.2, 0) is 19.9 Å². The van der Waals surface area contributed by atoms with Crippen LogP contribution >= 0.6 is 0 Å². The molecule has 1 fully saturated rings. The van der Waals surface area contributed by atoms with Gasteiger partial charge in [-0.1, -0.05) is 30.3 Å². The first-order valence-electron chi connectivity index (χ1n) is 8.81. The van der Waals surface area contributed by atoms with Crippen molar-refractivity contribution >= 4 is 29.4 Å². The number of benzene rings is 2. The number of anilines is 1. The fraction of sp³-hybridized carbons (Fsp3) is 0.200. The van der Waals surface area contributed by atoms with Crippen molar-refractivity contribution in [2.24, 2.45) is 0 Å². The highest BCUT2D eigenvalue weighted by Crippen LogP contribution is 2.28. The third kappa shape index (κ3) is 4.40. The minimum atomic E-state index is -1.27. The molecule has 150 valence electrons. The van der Waals surface area contributed by atoms with Crippen molar-refractivity contribution in [2.75, 3.05) is 18.4 Å². The number of hydrogen-bond acceptors (Lipinski definition) is 4. The van der Waals surface area contributed by atoms with E-state index in [1.54, 1.807) is 37.3 Å². The number of urea groups is 1. The van der Waals surface area contributed by atoms with Crippen molar-refractivity contribution in [3.8, 4) is 0 Å². The van der Waals surface area contributed by atoms with E-state index >= 15 is 0 Å². The molecule has 0 aliphatic carbocycles. The summed E-state index contributed by atoms with van der Waals surface area (Å²) in [6.07, 6.45) is 0. The summed E-state index contributed by atoms with van der Waals surface area (Å²) in [5.41, 5.74) is -0.295. The zero-order chi connectivity index (χ0) is 21.0. The van der Waals surface area contributed by atoms with Crippen LogP contribution in [0, 0.1) is 5.82 Å².